The van der Waals surface area contributed by atoms with Gasteiger partial charge in [0.2, 0.25) is 5.88 Å². The Morgan fingerprint density at radius 3 is 2.46 bits per heavy atom. The van der Waals surface area contributed by atoms with Gasteiger partial charge in [0.25, 0.3) is 5.91 Å². The summed E-state index contributed by atoms with van der Waals surface area (Å²) in [4.78, 5) is 35.1. The Hall–Kier alpha value is -3.65. The first-order valence-electron chi connectivity index (χ1n) is 13.7. The first kappa shape index (κ1) is 25.6. The van der Waals surface area contributed by atoms with E-state index >= 15 is 0 Å². The number of ether oxygens (including phenoxy) is 1. The van der Waals surface area contributed by atoms with E-state index in [1.165, 1.54) is 12.8 Å². The predicted octanol–water partition coefficient (Wildman–Crippen LogP) is 5.32. The average molecular weight is 546 g/mol. The fraction of sp³-hybridized carbons (Fsp3) is 0.400. The second-order valence-corrected chi connectivity index (χ2v) is 11.2. The quantitative estimate of drug-likeness (QED) is 0.323. The minimum Gasteiger partial charge on any atom is -0.477 e. The molecule has 9 heteroatoms. The van der Waals surface area contributed by atoms with Gasteiger partial charge in [0.1, 0.15) is 0 Å². The van der Waals surface area contributed by atoms with Crippen molar-refractivity contribution < 1.29 is 9.53 Å². The summed E-state index contributed by atoms with van der Waals surface area (Å²) < 4.78 is 9.40. The van der Waals surface area contributed by atoms with Crippen molar-refractivity contribution in [2.24, 2.45) is 11.8 Å². The van der Waals surface area contributed by atoms with Crippen LogP contribution in [0.3, 0.4) is 0 Å². The van der Waals surface area contributed by atoms with Crippen molar-refractivity contribution in [1.82, 2.24) is 24.4 Å². The molecule has 0 saturated heterocycles. The lowest BCUT2D eigenvalue weighted by Gasteiger charge is -2.29. The number of imidazole rings is 1. The highest BCUT2D eigenvalue weighted by atomic mass is 35.5. The van der Waals surface area contributed by atoms with Crippen molar-refractivity contribution in [2.75, 3.05) is 6.61 Å². The third-order valence-corrected chi connectivity index (χ3v) is 8.11. The summed E-state index contributed by atoms with van der Waals surface area (Å²) >= 11 is 6.05. The summed E-state index contributed by atoms with van der Waals surface area (Å²) in [5.41, 5.74) is 3.62. The standard InChI is InChI=1S/C30H32ClN5O3/c1-19-25(14-22(31)15-32-19)29(37)34-23-10-8-20(9-11-23)17-35-26-4-2-3-5-27(26)36(30(35)38)24-12-13-28(33-16-24)39-18-21-6-7-21/h2-5,12-16,20-21,23H,6-11,17-18H2,1H3,(H,34,37). The molecule has 39 heavy (non-hydrogen) atoms. The van der Waals surface area contributed by atoms with Crippen LogP contribution >= 0.6 is 11.6 Å². The molecule has 2 saturated carbocycles. The smallest absolute Gasteiger partial charge is 0.333 e. The lowest BCUT2D eigenvalue weighted by molar-refractivity contribution is 0.0919. The number of aromatic nitrogens is 4. The van der Waals surface area contributed by atoms with Crippen LogP contribution < -0.4 is 15.7 Å². The fourth-order valence-electron chi connectivity index (χ4n) is 5.46. The van der Waals surface area contributed by atoms with Gasteiger partial charge in [-0.3, -0.25) is 18.9 Å². The Morgan fingerprint density at radius 2 is 1.74 bits per heavy atom. The Morgan fingerprint density at radius 1 is 1.00 bits per heavy atom. The van der Waals surface area contributed by atoms with Crippen molar-refractivity contribution in [3.63, 3.8) is 0 Å². The van der Waals surface area contributed by atoms with Crippen LogP contribution in [-0.2, 0) is 6.54 Å². The summed E-state index contributed by atoms with van der Waals surface area (Å²) in [7, 11) is 0. The maximum Gasteiger partial charge on any atom is 0.333 e. The van der Waals surface area contributed by atoms with E-state index in [0.29, 0.717) is 47.1 Å². The number of carbonyl (C=O) groups is 1. The zero-order chi connectivity index (χ0) is 26.9. The van der Waals surface area contributed by atoms with Gasteiger partial charge in [-0.05, 0) is 81.5 Å². The number of aryl methyl sites for hydroxylation is 1. The van der Waals surface area contributed by atoms with Crippen LogP contribution in [0.1, 0.15) is 54.6 Å². The highest BCUT2D eigenvalue weighted by molar-refractivity contribution is 6.30. The molecule has 0 unspecified atom stereocenters. The van der Waals surface area contributed by atoms with Gasteiger partial charge in [-0.25, -0.2) is 9.78 Å². The number of nitrogens with one attached hydrogen (secondary N) is 1. The van der Waals surface area contributed by atoms with Crippen LogP contribution in [0.5, 0.6) is 5.88 Å². The maximum absolute atomic E-state index is 13.7. The van der Waals surface area contributed by atoms with Gasteiger partial charge in [0, 0.05) is 24.8 Å². The Balaban J connectivity index is 1.14. The Kier molecular flexibility index (Phi) is 7.12. The first-order valence-corrected chi connectivity index (χ1v) is 14.1. The van der Waals surface area contributed by atoms with Crippen molar-refractivity contribution in [3.8, 4) is 11.6 Å². The second kappa shape index (κ2) is 10.8. The van der Waals surface area contributed by atoms with Gasteiger partial charge < -0.3 is 10.1 Å². The molecule has 2 aliphatic rings. The van der Waals surface area contributed by atoms with Crippen LogP contribution in [0.2, 0.25) is 5.02 Å². The zero-order valence-electron chi connectivity index (χ0n) is 22.0. The molecule has 8 nitrogen and oxygen atoms in total. The highest BCUT2D eigenvalue weighted by Gasteiger charge is 2.26. The highest BCUT2D eigenvalue weighted by Crippen LogP contribution is 2.30. The van der Waals surface area contributed by atoms with E-state index in [1.54, 1.807) is 23.0 Å². The zero-order valence-corrected chi connectivity index (χ0v) is 22.7. The van der Waals surface area contributed by atoms with Gasteiger partial charge in [0.05, 0.1) is 45.8 Å². The lowest BCUT2D eigenvalue weighted by Crippen LogP contribution is -2.39. The third-order valence-electron chi connectivity index (χ3n) is 7.90. The minimum absolute atomic E-state index is 0.0657. The number of para-hydroxylation sites is 2. The number of fused-ring (bicyclic) bond motifs is 1. The van der Waals surface area contributed by atoms with Gasteiger partial charge >= 0.3 is 5.69 Å². The van der Waals surface area contributed by atoms with Crippen LogP contribution in [0.25, 0.3) is 16.7 Å². The molecule has 2 fully saturated rings. The molecule has 1 N–H and O–H groups in total. The first-order chi connectivity index (χ1) is 19.0. The monoisotopic (exact) mass is 545 g/mol. The fourth-order valence-corrected chi connectivity index (χ4v) is 5.62. The maximum atomic E-state index is 13.7. The van der Waals surface area contributed by atoms with Crippen LogP contribution in [0.4, 0.5) is 0 Å². The Labute approximate surface area is 232 Å². The molecule has 2 aliphatic carbocycles. The molecule has 0 atom stereocenters. The number of amides is 1. The summed E-state index contributed by atoms with van der Waals surface area (Å²) in [6, 6.07) is 13.4. The Bertz CT molecular complexity index is 1550. The third kappa shape index (κ3) is 5.57. The van der Waals surface area contributed by atoms with Crippen molar-refractivity contribution in [1.29, 1.82) is 0 Å². The summed E-state index contributed by atoms with van der Waals surface area (Å²) in [5.74, 6) is 1.46. The molecule has 3 heterocycles. The molecule has 3 aromatic heterocycles. The van der Waals surface area contributed by atoms with Gasteiger partial charge in [-0.2, -0.15) is 0 Å². The molecule has 1 aromatic carbocycles. The van der Waals surface area contributed by atoms with E-state index in [1.807, 2.05) is 47.9 Å². The minimum atomic E-state index is -0.136. The van der Waals surface area contributed by atoms with Gasteiger partial charge in [-0.1, -0.05) is 23.7 Å². The summed E-state index contributed by atoms with van der Waals surface area (Å²) in [6.45, 7) is 3.15. The van der Waals surface area contributed by atoms with Crippen molar-refractivity contribution in [3.05, 3.63) is 81.6 Å². The topological polar surface area (TPSA) is 91.0 Å². The SMILES string of the molecule is Cc1ncc(Cl)cc1C(=O)NC1CCC(Cn2c(=O)n(-c3ccc(OCC4CC4)nc3)c3ccccc32)CC1. The second-order valence-electron chi connectivity index (χ2n) is 10.8. The molecular weight excluding hydrogens is 514 g/mol. The molecule has 4 aromatic rings. The number of pyridine rings is 2. The number of nitrogens with zero attached hydrogens (tertiary/aromatic N) is 4. The van der Waals surface area contributed by atoms with E-state index in [0.717, 1.165) is 42.4 Å². The van der Waals surface area contributed by atoms with Crippen molar-refractivity contribution in [2.45, 2.75) is 58.0 Å². The molecule has 1 amide bonds. The molecule has 0 radical (unpaired) electrons. The van der Waals surface area contributed by atoms with Gasteiger partial charge in [0.15, 0.2) is 0 Å². The molecular formula is C30H32ClN5O3. The van der Waals surface area contributed by atoms with E-state index in [2.05, 4.69) is 15.3 Å². The molecule has 0 bridgehead atoms. The molecule has 0 spiro atoms. The number of rotatable bonds is 8. The van der Waals surface area contributed by atoms with Crippen molar-refractivity contribution >= 4 is 28.5 Å². The number of halogens is 1. The molecule has 0 aliphatic heterocycles. The lowest BCUT2D eigenvalue weighted by atomic mass is 9.85. The van der Waals surface area contributed by atoms with E-state index < -0.39 is 0 Å². The largest absolute Gasteiger partial charge is 0.477 e. The van der Waals surface area contributed by atoms with Gasteiger partial charge in [-0.15, -0.1) is 0 Å². The van der Waals surface area contributed by atoms with Crippen LogP contribution in [-0.4, -0.2) is 37.7 Å². The summed E-state index contributed by atoms with van der Waals surface area (Å²) in [5, 5.41) is 3.60. The normalized spacial score (nSPS) is 19.2. The number of hydrogen-bond acceptors (Lipinski definition) is 5. The predicted molar refractivity (Wildman–Crippen MR) is 151 cm³/mol. The van der Waals surface area contributed by atoms with E-state index in [4.69, 9.17) is 16.3 Å². The van der Waals surface area contributed by atoms with E-state index in [-0.39, 0.29) is 17.6 Å². The average Bonchev–Trinajstić information content (AvgIpc) is 3.74. The van der Waals surface area contributed by atoms with Crippen LogP contribution in [0, 0.1) is 18.8 Å². The molecule has 6 rings (SSSR count). The summed E-state index contributed by atoms with van der Waals surface area (Å²) in [6.07, 6.45) is 9.30. The van der Waals surface area contributed by atoms with Crippen LogP contribution in [0.15, 0.2) is 59.7 Å². The number of carbonyl (C=O) groups excluding carboxylic acids is 1. The van der Waals surface area contributed by atoms with E-state index in [9.17, 15) is 9.59 Å². The number of benzene rings is 1. The number of hydrogen-bond donors (Lipinski definition) is 1. The molecule has 202 valence electrons.